The third kappa shape index (κ3) is 4.09. The van der Waals surface area contributed by atoms with E-state index >= 15 is 0 Å². The number of methoxy groups -OCH3 is 1. The van der Waals surface area contributed by atoms with Gasteiger partial charge in [-0.1, -0.05) is 25.7 Å². The van der Waals surface area contributed by atoms with Crippen molar-refractivity contribution in [2.24, 2.45) is 16.6 Å². The number of ether oxygens (including phenoxy) is 1. The summed E-state index contributed by atoms with van der Waals surface area (Å²) in [6.45, 7) is 1.38. The fourth-order valence-corrected chi connectivity index (χ4v) is 1.97. The summed E-state index contributed by atoms with van der Waals surface area (Å²) in [5.41, 5.74) is 5.95. The first-order chi connectivity index (χ1) is 6.84. The predicted molar refractivity (Wildman–Crippen MR) is 59.6 cm³/mol. The van der Waals surface area contributed by atoms with Crippen molar-refractivity contribution in [2.45, 2.75) is 38.5 Å². The summed E-state index contributed by atoms with van der Waals surface area (Å²) in [6, 6.07) is 0. The van der Waals surface area contributed by atoms with Crippen LogP contribution in [0.5, 0.6) is 0 Å². The quantitative estimate of drug-likeness (QED) is 0.325. The Morgan fingerprint density at radius 2 is 1.93 bits per heavy atom. The molecule has 82 valence electrons. The zero-order valence-electron chi connectivity index (χ0n) is 9.17. The van der Waals surface area contributed by atoms with Crippen LogP contribution in [0.3, 0.4) is 0 Å². The maximum Gasteiger partial charge on any atom is 0.0969 e. The van der Waals surface area contributed by atoms with Gasteiger partial charge in [0.2, 0.25) is 0 Å². The van der Waals surface area contributed by atoms with Crippen LogP contribution in [-0.2, 0) is 4.74 Å². The van der Waals surface area contributed by atoms with Gasteiger partial charge >= 0.3 is 0 Å². The molecule has 0 radical (unpaired) electrons. The predicted octanol–water partition coefficient (Wildman–Crippen LogP) is 1.96. The highest BCUT2D eigenvalue weighted by atomic mass is 16.5. The van der Waals surface area contributed by atoms with Gasteiger partial charge in [0.25, 0.3) is 0 Å². The average molecular weight is 198 g/mol. The summed E-state index contributed by atoms with van der Waals surface area (Å²) in [7, 11) is 1.69. The number of hydrogen-bond donors (Lipinski definition) is 1. The monoisotopic (exact) mass is 198 g/mol. The minimum Gasteiger partial charge on any atom is -0.387 e. The summed E-state index contributed by atoms with van der Waals surface area (Å²) in [4.78, 5) is 4.35. The molecule has 0 aromatic rings. The summed E-state index contributed by atoms with van der Waals surface area (Å²) in [6.07, 6.45) is 7.80. The van der Waals surface area contributed by atoms with Gasteiger partial charge in [-0.25, -0.2) is 0 Å². The van der Waals surface area contributed by atoms with E-state index in [4.69, 9.17) is 10.5 Å². The minimum absolute atomic E-state index is 0.536. The molecule has 0 aromatic carbocycles. The molecule has 1 saturated carbocycles. The molecule has 0 atom stereocenters. The fraction of sp³-hybridized carbons (Fsp3) is 0.909. The molecule has 0 spiro atoms. The van der Waals surface area contributed by atoms with E-state index < -0.39 is 0 Å². The zero-order chi connectivity index (χ0) is 10.2. The number of hydrogen-bond acceptors (Lipinski definition) is 2. The Morgan fingerprint density at radius 1 is 1.29 bits per heavy atom. The molecular formula is C11H22N2O. The summed E-state index contributed by atoms with van der Waals surface area (Å²) >= 11 is 0. The number of rotatable bonds is 4. The van der Waals surface area contributed by atoms with Crippen LogP contribution in [0.15, 0.2) is 4.99 Å². The third-order valence-electron chi connectivity index (χ3n) is 2.86. The summed E-state index contributed by atoms with van der Waals surface area (Å²) in [5.74, 6) is 1.39. The number of nitrogens with zero attached hydrogens (tertiary/aromatic N) is 1. The highest BCUT2D eigenvalue weighted by Gasteiger charge is 2.15. The molecule has 0 saturated heterocycles. The van der Waals surface area contributed by atoms with Crippen molar-refractivity contribution >= 4 is 5.84 Å². The van der Waals surface area contributed by atoms with Crippen LogP contribution in [0.1, 0.15) is 38.5 Å². The van der Waals surface area contributed by atoms with Crippen LogP contribution in [0.4, 0.5) is 0 Å². The Labute approximate surface area is 86.7 Å². The van der Waals surface area contributed by atoms with Gasteiger partial charge in [-0.2, -0.15) is 0 Å². The zero-order valence-corrected chi connectivity index (χ0v) is 9.17. The molecule has 1 rings (SSSR count). The van der Waals surface area contributed by atoms with E-state index in [9.17, 15) is 0 Å². The smallest absolute Gasteiger partial charge is 0.0969 e. The van der Waals surface area contributed by atoms with Gasteiger partial charge in [0.05, 0.1) is 19.0 Å². The van der Waals surface area contributed by atoms with E-state index in [2.05, 4.69) is 4.99 Å². The first-order valence-corrected chi connectivity index (χ1v) is 5.63. The van der Waals surface area contributed by atoms with Crippen molar-refractivity contribution in [1.82, 2.24) is 0 Å². The van der Waals surface area contributed by atoms with Crippen molar-refractivity contribution in [3.8, 4) is 0 Å². The highest BCUT2D eigenvalue weighted by Crippen LogP contribution is 2.22. The number of nitrogens with two attached hydrogens (primary N) is 1. The number of aliphatic imine (C=N–C) groups is 1. The van der Waals surface area contributed by atoms with E-state index in [0.717, 1.165) is 5.84 Å². The highest BCUT2D eigenvalue weighted by molar-refractivity contribution is 5.82. The second-order valence-corrected chi connectivity index (χ2v) is 3.99. The molecule has 14 heavy (non-hydrogen) atoms. The van der Waals surface area contributed by atoms with E-state index in [-0.39, 0.29) is 0 Å². The summed E-state index contributed by atoms with van der Waals surface area (Å²) in [5, 5.41) is 0. The van der Waals surface area contributed by atoms with E-state index in [0.29, 0.717) is 19.1 Å². The second-order valence-electron chi connectivity index (χ2n) is 3.99. The van der Waals surface area contributed by atoms with Crippen LogP contribution in [0, 0.1) is 5.92 Å². The minimum atomic E-state index is 0.536. The molecule has 0 bridgehead atoms. The van der Waals surface area contributed by atoms with Crippen molar-refractivity contribution in [3.63, 3.8) is 0 Å². The lowest BCUT2D eigenvalue weighted by atomic mass is 9.99. The SMILES string of the molecule is COCCN=C(N)C1CCCCCC1. The second kappa shape index (κ2) is 6.82. The molecule has 0 unspecified atom stereocenters. The Hall–Kier alpha value is -0.570. The molecule has 3 nitrogen and oxygen atoms in total. The Bertz CT molecular complexity index is 172. The van der Waals surface area contributed by atoms with Gasteiger partial charge in [0.15, 0.2) is 0 Å². The molecule has 1 aliphatic carbocycles. The van der Waals surface area contributed by atoms with Crippen LogP contribution >= 0.6 is 0 Å². The van der Waals surface area contributed by atoms with Crippen LogP contribution in [0.25, 0.3) is 0 Å². The lowest BCUT2D eigenvalue weighted by Crippen LogP contribution is -2.24. The molecule has 1 aliphatic rings. The third-order valence-corrected chi connectivity index (χ3v) is 2.86. The first kappa shape index (κ1) is 11.5. The molecular weight excluding hydrogens is 176 g/mol. The fourth-order valence-electron chi connectivity index (χ4n) is 1.97. The maximum absolute atomic E-state index is 5.95. The molecule has 0 aliphatic heterocycles. The Kier molecular flexibility index (Phi) is 5.60. The lowest BCUT2D eigenvalue weighted by Gasteiger charge is -2.12. The Balaban J connectivity index is 2.32. The van der Waals surface area contributed by atoms with Gasteiger partial charge in [-0.15, -0.1) is 0 Å². The van der Waals surface area contributed by atoms with Gasteiger partial charge in [0, 0.05) is 13.0 Å². The van der Waals surface area contributed by atoms with Crippen molar-refractivity contribution in [3.05, 3.63) is 0 Å². The lowest BCUT2D eigenvalue weighted by molar-refractivity contribution is 0.208. The average Bonchev–Trinajstić information content (AvgIpc) is 2.46. The van der Waals surface area contributed by atoms with E-state index in [1.807, 2.05) is 0 Å². The largest absolute Gasteiger partial charge is 0.387 e. The van der Waals surface area contributed by atoms with Gasteiger partial charge < -0.3 is 10.5 Å². The molecule has 1 fully saturated rings. The van der Waals surface area contributed by atoms with Crippen molar-refractivity contribution in [1.29, 1.82) is 0 Å². The van der Waals surface area contributed by atoms with Crippen LogP contribution < -0.4 is 5.73 Å². The standard InChI is InChI=1S/C11H22N2O/c1-14-9-8-13-11(12)10-6-4-2-3-5-7-10/h10H,2-9H2,1H3,(H2,12,13). The van der Waals surface area contributed by atoms with E-state index in [1.54, 1.807) is 7.11 Å². The van der Waals surface area contributed by atoms with Crippen molar-refractivity contribution in [2.75, 3.05) is 20.3 Å². The van der Waals surface area contributed by atoms with Gasteiger partial charge in [0.1, 0.15) is 0 Å². The Morgan fingerprint density at radius 3 is 2.50 bits per heavy atom. The summed E-state index contributed by atoms with van der Waals surface area (Å²) < 4.78 is 4.94. The molecule has 2 N–H and O–H groups in total. The molecule has 3 heteroatoms. The molecule has 0 amide bonds. The van der Waals surface area contributed by atoms with Gasteiger partial charge in [-0.05, 0) is 12.8 Å². The van der Waals surface area contributed by atoms with Crippen LogP contribution in [-0.4, -0.2) is 26.1 Å². The van der Waals surface area contributed by atoms with Gasteiger partial charge in [-0.3, -0.25) is 4.99 Å². The maximum atomic E-state index is 5.95. The van der Waals surface area contributed by atoms with Crippen molar-refractivity contribution < 1.29 is 4.74 Å². The molecule has 0 heterocycles. The normalized spacial score (nSPS) is 20.8. The number of amidine groups is 1. The topological polar surface area (TPSA) is 47.6 Å². The first-order valence-electron chi connectivity index (χ1n) is 5.63. The van der Waals surface area contributed by atoms with Crippen LogP contribution in [0.2, 0.25) is 0 Å². The molecule has 0 aromatic heterocycles. The van der Waals surface area contributed by atoms with E-state index in [1.165, 1.54) is 38.5 Å².